The summed E-state index contributed by atoms with van der Waals surface area (Å²) in [5.74, 6) is -2.82. The molecule has 2 N–H and O–H groups in total. The van der Waals surface area contributed by atoms with Gasteiger partial charge < -0.3 is 5.32 Å². The van der Waals surface area contributed by atoms with Gasteiger partial charge in [-0.25, -0.2) is 17.8 Å². The molecule has 1 amide bonds. The molecule has 0 radical (unpaired) electrons. The molecule has 12 heteroatoms. The summed E-state index contributed by atoms with van der Waals surface area (Å²) in [4.78, 5) is 29.7. The van der Waals surface area contributed by atoms with Crippen LogP contribution in [0.25, 0.3) is 0 Å². The summed E-state index contributed by atoms with van der Waals surface area (Å²) in [6, 6.07) is 2.11. The van der Waals surface area contributed by atoms with Gasteiger partial charge >= 0.3 is 6.18 Å². The van der Waals surface area contributed by atoms with Gasteiger partial charge in [-0.1, -0.05) is 19.9 Å². The van der Waals surface area contributed by atoms with Crippen molar-refractivity contribution in [2.24, 2.45) is 5.92 Å². The van der Waals surface area contributed by atoms with E-state index >= 15 is 0 Å². The zero-order chi connectivity index (χ0) is 22.1. The first-order chi connectivity index (χ1) is 13.2. The Bertz CT molecular complexity index is 1090. The van der Waals surface area contributed by atoms with Crippen molar-refractivity contribution in [1.82, 2.24) is 15.3 Å². The number of aromatic amines is 1. The van der Waals surface area contributed by atoms with Crippen molar-refractivity contribution in [3.8, 4) is 0 Å². The van der Waals surface area contributed by atoms with Gasteiger partial charge in [0.25, 0.3) is 11.5 Å². The number of carbonyl (C=O) groups excluding carboxylic acids is 1. The van der Waals surface area contributed by atoms with Crippen molar-refractivity contribution >= 4 is 15.7 Å². The van der Waals surface area contributed by atoms with Crippen LogP contribution >= 0.6 is 0 Å². The molecule has 7 nitrogen and oxygen atoms in total. The summed E-state index contributed by atoms with van der Waals surface area (Å²) in [5, 5.41) is 1.73. The molecule has 0 spiro atoms. The van der Waals surface area contributed by atoms with E-state index in [0.29, 0.717) is 12.1 Å². The second kappa shape index (κ2) is 7.93. The van der Waals surface area contributed by atoms with Crippen molar-refractivity contribution < 1.29 is 30.8 Å². The third kappa shape index (κ3) is 5.40. The molecule has 0 aliphatic carbocycles. The maximum atomic E-state index is 13.9. The molecule has 1 unspecified atom stereocenters. The number of hydrogen-bond donors (Lipinski definition) is 2. The molecule has 0 saturated carbocycles. The number of nitrogens with one attached hydrogen (secondary N) is 2. The van der Waals surface area contributed by atoms with Crippen LogP contribution < -0.4 is 10.9 Å². The van der Waals surface area contributed by atoms with E-state index in [1.807, 2.05) is 4.98 Å². The minimum Gasteiger partial charge on any atom is -0.344 e. The first kappa shape index (κ1) is 22.5. The van der Waals surface area contributed by atoms with E-state index in [9.17, 15) is 35.6 Å². The summed E-state index contributed by atoms with van der Waals surface area (Å²) < 4.78 is 75.3. The molecule has 29 heavy (non-hydrogen) atoms. The molecular weight excluding hydrogens is 418 g/mol. The quantitative estimate of drug-likeness (QED) is 0.554. The van der Waals surface area contributed by atoms with E-state index in [-0.39, 0.29) is 11.5 Å². The van der Waals surface area contributed by atoms with E-state index < -0.39 is 55.8 Å². The van der Waals surface area contributed by atoms with E-state index in [1.165, 1.54) is 0 Å². The highest BCUT2D eigenvalue weighted by molar-refractivity contribution is 7.90. The number of aromatic nitrogens is 2. The third-order valence-corrected chi connectivity index (χ3v) is 4.81. The van der Waals surface area contributed by atoms with E-state index in [4.69, 9.17) is 0 Å². The van der Waals surface area contributed by atoms with Gasteiger partial charge in [-0.15, -0.1) is 0 Å². The van der Waals surface area contributed by atoms with Crippen molar-refractivity contribution in [3.05, 3.63) is 57.3 Å². The molecule has 0 aliphatic heterocycles. The predicted octanol–water partition coefficient (Wildman–Crippen LogP) is 2.46. The van der Waals surface area contributed by atoms with Gasteiger partial charge in [-0.05, 0) is 23.6 Å². The topological polar surface area (TPSA) is 109 Å². The fraction of sp³-hybridized carbons (Fsp3) is 0.353. The normalized spacial score (nSPS) is 13.4. The maximum Gasteiger partial charge on any atom is 0.419 e. The van der Waals surface area contributed by atoms with Crippen LogP contribution in [0.15, 0.2) is 34.2 Å². The molecule has 2 aromatic rings. The summed E-state index contributed by atoms with van der Waals surface area (Å²) in [5.41, 5.74) is -2.77. The SMILES string of the molecule is CC(C)C(NC(=O)c1cc(=O)[nH]c(S(C)(=O)=O)n1)c1ccc(C(F)(F)F)c(F)c1. The summed E-state index contributed by atoms with van der Waals surface area (Å²) >= 11 is 0. The summed E-state index contributed by atoms with van der Waals surface area (Å²) in [7, 11) is -3.91. The fourth-order valence-corrected chi connectivity index (χ4v) is 3.08. The van der Waals surface area contributed by atoms with E-state index in [0.717, 1.165) is 18.4 Å². The van der Waals surface area contributed by atoms with Crippen LogP contribution in [-0.2, 0) is 16.0 Å². The standard InChI is InChI=1S/C17H17F4N3O4S/c1-8(2)14(9-4-5-10(11(18)6-9)17(19,20)21)24-15(26)12-7-13(25)23-16(22-12)29(3,27)28/h4-8,14H,1-3H3,(H,24,26)(H,22,23,25). The number of alkyl halides is 3. The molecule has 1 aromatic carbocycles. The average Bonchev–Trinajstić information content (AvgIpc) is 2.56. The number of nitrogens with zero attached hydrogens (tertiary/aromatic N) is 1. The van der Waals surface area contributed by atoms with Gasteiger partial charge in [0.1, 0.15) is 11.5 Å². The highest BCUT2D eigenvalue weighted by Gasteiger charge is 2.34. The predicted molar refractivity (Wildman–Crippen MR) is 94.4 cm³/mol. The van der Waals surface area contributed by atoms with Crippen LogP contribution in [0.3, 0.4) is 0 Å². The largest absolute Gasteiger partial charge is 0.419 e. The number of rotatable bonds is 5. The Hall–Kier alpha value is -2.76. The molecule has 0 saturated heterocycles. The van der Waals surface area contributed by atoms with Crippen molar-refractivity contribution in [1.29, 1.82) is 0 Å². The van der Waals surface area contributed by atoms with Crippen molar-refractivity contribution in [2.75, 3.05) is 6.26 Å². The van der Waals surface area contributed by atoms with Crippen LogP contribution in [0.1, 0.15) is 41.5 Å². The molecule has 1 aromatic heterocycles. The molecule has 1 heterocycles. The number of sulfone groups is 1. The lowest BCUT2D eigenvalue weighted by Gasteiger charge is -2.23. The minimum absolute atomic E-state index is 0.0621. The summed E-state index contributed by atoms with van der Waals surface area (Å²) in [6.07, 6.45) is -4.08. The number of amides is 1. The van der Waals surface area contributed by atoms with Gasteiger partial charge in [0.15, 0.2) is 0 Å². The third-order valence-electron chi connectivity index (χ3n) is 3.91. The Morgan fingerprint density at radius 3 is 2.31 bits per heavy atom. The number of carbonyl (C=O) groups is 1. The lowest BCUT2D eigenvalue weighted by Crippen LogP contribution is -2.33. The van der Waals surface area contributed by atoms with Gasteiger partial charge in [0.2, 0.25) is 15.0 Å². The molecule has 158 valence electrons. The lowest BCUT2D eigenvalue weighted by atomic mass is 9.94. The molecule has 0 fully saturated rings. The molecule has 0 aliphatic rings. The van der Waals surface area contributed by atoms with Crippen molar-refractivity contribution in [2.45, 2.75) is 31.2 Å². The molecule has 0 bridgehead atoms. The van der Waals surface area contributed by atoms with Gasteiger partial charge in [-0.2, -0.15) is 13.2 Å². The lowest BCUT2D eigenvalue weighted by molar-refractivity contribution is -0.140. The smallest absolute Gasteiger partial charge is 0.344 e. The highest BCUT2D eigenvalue weighted by Crippen LogP contribution is 2.33. The van der Waals surface area contributed by atoms with E-state index in [1.54, 1.807) is 13.8 Å². The highest BCUT2D eigenvalue weighted by atomic mass is 32.2. The average molecular weight is 435 g/mol. The zero-order valence-electron chi connectivity index (χ0n) is 15.5. The first-order valence-electron chi connectivity index (χ1n) is 8.19. The molecular formula is C17H17F4N3O4S. The fourth-order valence-electron chi connectivity index (χ4n) is 2.53. The van der Waals surface area contributed by atoms with Crippen LogP contribution in [0, 0.1) is 11.7 Å². The Morgan fingerprint density at radius 2 is 1.83 bits per heavy atom. The Labute approximate surface area is 163 Å². The summed E-state index contributed by atoms with van der Waals surface area (Å²) in [6.45, 7) is 3.27. The number of H-pyrrole nitrogens is 1. The van der Waals surface area contributed by atoms with Gasteiger partial charge in [0, 0.05) is 12.3 Å². The Balaban J connectivity index is 2.40. The number of benzene rings is 1. The second-order valence-electron chi connectivity index (χ2n) is 6.64. The number of hydrogen-bond acceptors (Lipinski definition) is 5. The van der Waals surface area contributed by atoms with Gasteiger partial charge in [-0.3, -0.25) is 14.6 Å². The van der Waals surface area contributed by atoms with E-state index in [2.05, 4.69) is 10.3 Å². The second-order valence-corrected chi connectivity index (χ2v) is 8.57. The Morgan fingerprint density at radius 1 is 1.21 bits per heavy atom. The number of halogens is 4. The van der Waals surface area contributed by atoms with Crippen LogP contribution in [-0.4, -0.2) is 30.5 Å². The monoisotopic (exact) mass is 435 g/mol. The van der Waals surface area contributed by atoms with Crippen LogP contribution in [0.4, 0.5) is 17.6 Å². The van der Waals surface area contributed by atoms with Gasteiger partial charge in [0.05, 0.1) is 11.6 Å². The minimum atomic E-state index is -4.86. The van der Waals surface area contributed by atoms with Crippen LogP contribution in [0.2, 0.25) is 0 Å². The van der Waals surface area contributed by atoms with Crippen LogP contribution in [0.5, 0.6) is 0 Å². The molecule has 1 atom stereocenters. The first-order valence-corrected chi connectivity index (χ1v) is 10.1. The maximum absolute atomic E-state index is 13.9. The Kier molecular flexibility index (Phi) is 6.16. The molecule has 2 rings (SSSR count). The van der Waals surface area contributed by atoms with Crippen molar-refractivity contribution in [3.63, 3.8) is 0 Å². The zero-order valence-corrected chi connectivity index (χ0v) is 16.3.